The topological polar surface area (TPSA) is 41.6 Å². The second kappa shape index (κ2) is 8.03. The molecule has 1 heterocycles. The third-order valence-electron chi connectivity index (χ3n) is 3.91. The average Bonchev–Trinajstić information content (AvgIpc) is 2.54. The van der Waals surface area contributed by atoms with Crippen LogP contribution < -0.4 is 10.1 Å². The van der Waals surface area contributed by atoms with Crippen molar-refractivity contribution in [3.05, 3.63) is 29.8 Å². The number of nitrogens with zero attached hydrogens (tertiary/aromatic N) is 1. The van der Waals surface area contributed by atoms with E-state index in [4.69, 9.17) is 4.74 Å². The number of benzene rings is 1. The van der Waals surface area contributed by atoms with Gasteiger partial charge in [-0.2, -0.15) is 0 Å². The van der Waals surface area contributed by atoms with Crippen molar-refractivity contribution in [1.82, 2.24) is 10.2 Å². The lowest BCUT2D eigenvalue weighted by atomic mass is 10.1. The molecule has 0 radical (unpaired) electrons. The Morgan fingerprint density at radius 1 is 1.29 bits per heavy atom. The van der Waals surface area contributed by atoms with Crippen LogP contribution in [-0.4, -0.2) is 36.5 Å². The minimum atomic E-state index is -0.155. The van der Waals surface area contributed by atoms with Crippen molar-refractivity contribution in [3.8, 4) is 5.75 Å². The van der Waals surface area contributed by atoms with Crippen LogP contribution in [0.15, 0.2) is 24.3 Å². The van der Waals surface area contributed by atoms with E-state index in [-0.39, 0.29) is 11.9 Å². The molecule has 4 nitrogen and oxygen atoms in total. The number of hydrogen-bond donors (Lipinski definition) is 1. The van der Waals surface area contributed by atoms with Gasteiger partial charge in [-0.25, -0.2) is 0 Å². The summed E-state index contributed by atoms with van der Waals surface area (Å²) in [5.41, 5.74) is 1.10. The van der Waals surface area contributed by atoms with Crippen LogP contribution in [0.4, 0.5) is 0 Å². The molecular formula is C17H26N2O2. The lowest BCUT2D eigenvalue weighted by molar-refractivity contribution is -0.133. The maximum atomic E-state index is 12.4. The molecule has 2 rings (SSSR count). The predicted octanol–water partition coefficient (Wildman–Crippen LogP) is 2.58. The number of para-hydroxylation sites is 1. The third-order valence-corrected chi connectivity index (χ3v) is 3.91. The van der Waals surface area contributed by atoms with Gasteiger partial charge < -0.3 is 15.0 Å². The highest BCUT2D eigenvalue weighted by molar-refractivity contribution is 5.81. The van der Waals surface area contributed by atoms with E-state index in [1.807, 2.05) is 43.0 Å². The molecule has 21 heavy (non-hydrogen) atoms. The molecule has 1 aliphatic heterocycles. The number of carbonyl (C=O) groups is 1. The van der Waals surface area contributed by atoms with Crippen LogP contribution in [0.2, 0.25) is 0 Å². The predicted molar refractivity (Wildman–Crippen MR) is 84.3 cm³/mol. The molecule has 1 aromatic rings. The number of carbonyl (C=O) groups excluding carboxylic acids is 1. The molecule has 1 fully saturated rings. The standard InChI is InChI=1S/C17H26N2O2/c1-3-21-16-10-6-5-9-15(16)13-18-14(2)17(20)19-11-7-4-8-12-19/h5-6,9-10,14,18H,3-4,7-8,11-13H2,1-2H3. The Labute approximate surface area is 127 Å². The van der Waals surface area contributed by atoms with Crippen molar-refractivity contribution >= 4 is 5.91 Å². The van der Waals surface area contributed by atoms with Gasteiger partial charge in [-0.1, -0.05) is 18.2 Å². The maximum Gasteiger partial charge on any atom is 0.239 e. The normalized spacial score (nSPS) is 16.6. The van der Waals surface area contributed by atoms with Gasteiger partial charge in [0.2, 0.25) is 5.91 Å². The highest BCUT2D eigenvalue weighted by Crippen LogP contribution is 2.18. The summed E-state index contributed by atoms with van der Waals surface area (Å²) in [7, 11) is 0. The van der Waals surface area contributed by atoms with Gasteiger partial charge in [0.25, 0.3) is 0 Å². The Kier molecular flexibility index (Phi) is 6.05. The molecule has 1 aliphatic rings. The van der Waals surface area contributed by atoms with Gasteiger partial charge in [-0.15, -0.1) is 0 Å². The molecule has 0 aliphatic carbocycles. The first kappa shape index (κ1) is 15.8. The molecule has 1 N–H and O–H groups in total. The lowest BCUT2D eigenvalue weighted by Gasteiger charge is -2.29. The van der Waals surface area contributed by atoms with E-state index < -0.39 is 0 Å². The molecule has 1 atom stereocenters. The summed E-state index contributed by atoms with van der Waals surface area (Å²) < 4.78 is 5.61. The lowest BCUT2D eigenvalue weighted by Crippen LogP contribution is -2.46. The number of rotatable bonds is 6. The quantitative estimate of drug-likeness (QED) is 0.875. The monoisotopic (exact) mass is 290 g/mol. The zero-order chi connectivity index (χ0) is 15.1. The van der Waals surface area contributed by atoms with E-state index in [0.717, 1.165) is 37.2 Å². The minimum Gasteiger partial charge on any atom is -0.494 e. The van der Waals surface area contributed by atoms with Crippen LogP contribution in [0, 0.1) is 0 Å². The van der Waals surface area contributed by atoms with Crippen molar-refractivity contribution in [2.75, 3.05) is 19.7 Å². The fourth-order valence-electron chi connectivity index (χ4n) is 2.68. The summed E-state index contributed by atoms with van der Waals surface area (Å²) in [5.74, 6) is 1.11. The molecule has 0 saturated carbocycles. The number of amides is 1. The van der Waals surface area contributed by atoms with Crippen LogP contribution in [0.1, 0.15) is 38.7 Å². The van der Waals surface area contributed by atoms with Gasteiger partial charge in [0.05, 0.1) is 12.6 Å². The van der Waals surface area contributed by atoms with Gasteiger partial charge in [0, 0.05) is 25.2 Å². The third kappa shape index (κ3) is 4.46. The second-order valence-electron chi connectivity index (χ2n) is 5.53. The van der Waals surface area contributed by atoms with E-state index in [2.05, 4.69) is 5.32 Å². The number of hydrogen-bond acceptors (Lipinski definition) is 3. The zero-order valence-electron chi connectivity index (χ0n) is 13.1. The molecule has 1 amide bonds. The van der Waals surface area contributed by atoms with Crippen LogP contribution >= 0.6 is 0 Å². The Hall–Kier alpha value is -1.55. The SMILES string of the molecule is CCOc1ccccc1CNC(C)C(=O)N1CCCCC1. The molecule has 1 unspecified atom stereocenters. The summed E-state index contributed by atoms with van der Waals surface area (Å²) in [4.78, 5) is 14.3. The van der Waals surface area contributed by atoms with Crippen LogP contribution in [-0.2, 0) is 11.3 Å². The summed E-state index contributed by atoms with van der Waals surface area (Å²) in [6.45, 7) is 7.03. The van der Waals surface area contributed by atoms with Crippen molar-refractivity contribution in [1.29, 1.82) is 0 Å². The smallest absolute Gasteiger partial charge is 0.239 e. The first-order chi connectivity index (χ1) is 10.2. The van der Waals surface area contributed by atoms with Crippen LogP contribution in [0.3, 0.4) is 0 Å². The highest BCUT2D eigenvalue weighted by atomic mass is 16.5. The first-order valence-corrected chi connectivity index (χ1v) is 7.95. The highest BCUT2D eigenvalue weighted by Gasteiger charge is 2.21. The summed E-state index contributed by atoms with van der Waals surface area (Å²) in [5, 5.41) is 3.32. The number of nitrogens with one attached hydrogen (secondary N) is 1. The second-order valence-corrected chi connectivity index (χ2v) is 5.53. The molecule has 1 aromatic carbocycles. The van der Waals surface area contributed by atoms with E-state index in [1.165, 1.54) is 6.42 Å². The Morgan fingerprint density at radius 3 is 2.71 bits per heavy atom. The van der Waals surface area contributed by atoms with Crippen molar-refractivity contribution in [3.63, 3.8) is 0 Å². The van der Waals surface area contributed by atoms with Crippen LogP contribution in [0.5, 0.6) is 5.75 Å². The maximum absolute atomic E-state index is 12.4. The van der Waals surface area contributed by atoms with Crippen molar-refractivity contribution in [2.24, 2.45) is 0 Å². The molecule has 4 heteroatoms. The summed E-state index contributed by atoms with van der Waals surface area (Å²) >= 11 is 0. The van der Waals surface area contributed by atoms with Crippen LogP contribution in [0.25, 0.3) is 0 Å². The number of likely N-dealkylation sites (tertiary alicyclic amines) is 1. The van der Waals surface area contributed by atoms with Gasteiger partial charge >= 0.3 is 0 Å². The first-order valence-electron chi connectivity index (χ1n) is 7.95. The Bertz CT molecular complexity index is 456. The van der Waals surface area contributed by atoms with E-state index in [0.29, 0.717) is 13.2 Å². The fourth-order valence-corrected chi connectivity index (χ4v) is 2.68. The molecule has 0 spiro atoms. The van der Waals surface area contributed by atoms with Gasteiger partial charge in [0.1, 0.15) is 5.75 Å². The number of piperidine rings is 1. The van der Waals surface area contributed by atoms with Gasteiger partial charge in [-0.3, -0.25) is 4.79 Å². The Morgan fingerprint density at radius 2 is 2.00 bits per heavy atom. The molecule has 0 bridgehead atoms. The minimum absolute atomic E-state index is 0.155. The van der Waals surface area contributed by atoms with Gasteiger partial charge in [0.15, 0.2) is 0 Å². The van der Waals surface area contributed by atoms with Crippen molar-refractivity contribution < 1.29 is 9.53 Å². The Balaban J connectivity index is 1.88. The van der Waals surface area contributed by atoms with E-state index in [9.17, 15) is 4.79 Å². The number of ether oxygens (including phenoxy) is 1. The molecule has 1 saturated heterocycles. The summed E-state index contributed by atoms with van der Waals surface area (Å²) in [6.07, 6.45) is 3.50. The fraction of sp³-hybridized carbons (Fsp3) is 0.588. The van der Waals surface area contributed by atoms with Gasteiger partial charge in [-0.05, 0) is 39.2 Å². The zero-order valence-corrected chi connectivity index (χ0v) is 13.1. The van der Waals surface area contributed by atoms with E-state index in [1.54, 1.807) is 0 Å². The molecular weight excluding hydrogens is 264 g/mol. The van der Waals surface area contributed by atoms with Crippen molar-refractivity contribution in [2.45, 2.75) is 45.7 Å². The summed E-state index contributed by atoms with van der Waals surface area (Å²) in [6, 6.07) is 7.82. The molecule has 116 valence electrons. The van der Waals surface area contributed by atoms with E-state index >= 15 is 0 Å². The largest absolute Gasteiger partial charge is 0.494 e. The average molecular weight is 290 g/mol. The molecule has 0 aromatic heterocycles.